The maximum absolute atomic E-state index is 11.2. The van der Waals surface area contributed by atoms with Crippen LogP contribution in [0.5, 0.6) is 0 Å². The summed E-state index contributed by atoms with van der Waals surface area (Å²) in [5.74, 6) is -0.209. The maximum Gasteiger partial charge on any atom is 0.269 e. The molecule has 1 aromatic rings. The van der Waals surface area contributed by atoms with Gasteiger partial charge in [-0.25, -0.2) is 0 Å². The van der Waals surface area contributed by atoms with Crippen molar-refractivity contribution in [2.75, 3.05) is 0 Å². The van der Waals surface area contributed by atoms with Crippen molar-refractivity contribution in [3.8, 4) is 0 Å². The Morgan fingerprint density at radius 1 is 1.12 bits per heavy atom. The highest BCUT2D eigenvalue weighted by atomic mass is 16.6. The Kier molecular flexibility index (Phi) is 3.45. The highest BCUT2D eigenvalue weighted by Crippen LogP contribution is 2.33. The molecule has 6 nitrogen and oxygen atoms in total. The van der Waals surface area contributed by atoms with E-state index < -0.39 is 10.5 Å². The van der Waals surface area contributed by atoms with Crippen LogP contribution in [0, 0.1) is 26.1 Å². The van der Waals surface area contributed by atoms with Gasteiger partial charge in [-0.3, -0.25) is 20.2 Å². The summed E-state index contributed by atoms with van der Waals surface area (Å²) in [6.45, 7) is 5.03. The SMILES string of the molecule is CC(C)C(C)(c1ccc([N+](=O)[O-])cc1)[N+](=O)[O-]. The van der Waals surface area contributed by atoms with Crippen LogP contribution in [0.1, 0.15) is 26.3 Å². The summed E-state index contributed by atoms with van der Waals surface area (Å²) in [4.78, 5) is 20.8. The summed E-state index contributed by atoms with van der Waals surface area (Å²) in [7, 11) is 0. The predicted octanol–water partition coefficient (Wildman–Crippen LogP) is 2.74. The van der Waals surface area contributed by atoms with E-state index in [0.29, 0.717) is 5.56 Å². The number of nitro groups is 2. The van der Waals surface area contributed by atoms with E-state index in [4.69, 9.17) is 0 Å². The molecular formula is C11H14N2O4. The second-order valence-corrected chi connectivity index (χ2v) is 4.36. The van der Waals surface area contributed by atoms with Crippen LogP contribution in [-0.4, -0.2) is 9.85 Å². The lowest BCUT2D eigenvalue weighted by Crippen LogP contribution is -2.37. The first-order valence-electron chi connectivity index (χ1n) is 5.19. The molecule has 0 aliphatic heterocycles. The van der Waals surface area contributed by atoms with Crippen LogP contribution in [0.2, 0.25) is 0 Å². The zero-order valence-corrected chi connectivity index (χ0v) is 9.91. The maximum atomic E-state index is 11.2. The lowest BCUT2D eigenvalue weighted by molar-refractivity contribution is -0.584. The zero-order valence-electron chi connectivity index (χ0n) is 9.91. The lowest BCUT2D eigenvalue weighted by Gasteiger charge is -2.24. The lowest BCUT2D eigenvalue weighted by atomic mass is 9.82. The number of benzene rings is 1. The molecule has 1 rings (SSSR count). The third-order valence-electron chi connectivity index (χ3n) is 3.17. The van der Waals surface area contributed by atoms with Gasteiger partial charge in [-0.1, -0.05) is 13.8 Å². The molecule has 0 amide bonds. The van der Waals surface area contributed by atoms with Crippen molar-refractivity contribution in [1.29, 1.82) is 0 Å². The molecule has 0 aromatic heterocycles. The molecule has 0 bridgehead atoms. The summed E-state index contributed by atoms with van der Waals surface area (Å²) in [6, 6.07) is 5.47. The van der Waals surface area contributed by atoms with E-state index in [0.717, 1.165) is 0 Å². The monoisotopic (exact) mass is 238 g/mol. The fourth-order valence-electron chi connectivity index (χ4n) is 1.57. The second kappa shape index (κ2) is 4.48. The standard InChI is InChI=1S/C11H14N2O4/c1-8(2)11(3,13(16)17)9-4-6-10(7-5-9)12(14)15/h4-8H,1-3H3. The van der Waals surface area contributed by atoms with Crippen LogP contribution in [0.4, 0.5) is 5.69 Å². The highest BCUT2D eigenvalue weighted by Gasteiger charge is 2.42. The third-order valence-corrected chi connectivity index (χ3v) is 3.17. The van der Waals surface area contributed by atoms with Crippen LogP contribution in [0.25, 0.3) is 0 Å². The van der Waals surface area contributed by atoms with Gasteiger partial charge in [-0.05, 0) is 12.1 Å². The molecule has 0 saturated heterocycles. The quantitative estimate of drug-likeness (QED) is 0.596. The predicted molar refractivity (Wildman–Crippen MR) is 62.3 cm³/mol. The average molecular weight is 238 g/mol. The molecule has 0 radical (unpaired) electrons. The Bertz CT molecular complexity index is 441. The molecule has 17 heavy (non-hydrogen) atoms. The number of hydrogen-bond donors (Lipinski definition) is 0. The third kappa shape index (κ3) is 2.25. The normalized spacial score (nSPS) is 14.4. The second-order valence-electron chi connectivity index (χ2n) is 4.36. The van der Waals surface area contributed by atoms with E-state index in [9.17, 15) is 20.2 Å². The minimum atomic E-state index is -1.23. The molecule has 0 heterocycles. The molecular weight excluding hydrogens is 224 g/mol. The van der Waals surface area contributed by atoms with Crippen LogP contribution in [0.15, 0.2) is 24.3 Å². The van der Waals surface area contributed by atoms with E-state index in [1.807, 2.05) is 0 Å². The van der Waals surface area contributed by atoms with Gasteiger partial charge >= 0.3 is 0 Å². The van der Waals surface area contributed by atoms with E-state index in [-0.39, 0.29) is 16.5 Å². The van der Waals surface area contributed by atoms with Gasteiger partial charge in [0.05, 0.1) is 4.92 Å². The minimum absolute atomic E-state index is 0.0665. The molecule has 0 N–H and O–H groups in total. The Morgan fingerprint density at radius 3 is 1.88 bits per heavy atom. The summed E-state index contributed by atoms with van der Waals surface area (Å²) in [5, 5.41) is 21.7. The molecule has 0 aliphatic carbocycles. The Balaban J connectivity index is 3.22. The molecule has 1 atom stereocenters. The van der Waals surface area contributed by atoms with Gasteiger partial charge in [0, 0.05) is 35.5 Å². The molecule has 0 aliphatic rings. The Labute approximate surface area is 98.6 Å². The van der Waals surface area contributed by atoms with Crippen molar-refractivity contribution in [2.45, 2.75) is 26.3 Å². The van der Waals surface area contributed by atoms with E-state index in [1.165, 1.54) is 31.2 Å². The van der Waals surface area contributed by atoms with Gasteiger partial charge in [0.1, 0.15) is 0 Å². The van der Waals surface area contributed by atoms with Crippen molar-refractivity contribution < 1.29 is 9.85 Å². The van der Waals surface area contributed by atoms with Crippen molar-refractivity contribution >= 4 is 5.69 Å². The fourth-order valence-corrected chi connectivity index (χ4v) is 1.57. The largest absolute Gasteiger partial charge is 0.269 e. The molecule has 1 aromatic carbocycles. The van der Waals surface area contributed by atoms with Crippen molar-refractivity contribution in [3.05, 3.63) is 50.1 Å². The van der Waals surface area contributed by atoms with Crippen molar-refractivity contribution in [2.24, 2.45) is 5.92 Å². The van der Waals surface area contributed by atoms with Crippen LogP contribution < -0.4 is 0 Å². The summed E-state index contributed by atoms with van der Waals surface area (Å²) >= 11 is 0. The number of nitrogens with zero attached hydrogens (tertiary/aromatic N) is 2. The highest BCUT2D eigenvalue weighted by molar-refractivity contribution is 5.35. The molecule has 0 fully saturated rings. The van der Waals surface area contributed by atoms with Gasteiger partial charge in [-0.2, -0.15) is 0 Å². The number of nitro benzene ring substituents is 1. The summed E-state index contributed by atoms with van der Waals surface area (Å²) in [6.07, 6.45) is 0. The number of hydrogen-bond acceptors (Lipinski definition) is 4. The van der Waals surface area contributed by atoms with Gasteiger partial charge in [-0.15, -0.1) is 0 Å². The van der Waals surface area contributed by atoms with Crippen molar-refractivity contribution in [3.63, 3.8) is 0 Å². The summed E-state index contributed by atoms with van der Waals surface area (Å²) in [5.41, 5.74) is -0.818. The van der Waals surface area contributed by atoms with E-state index in [2.05, 4.69) is 0 Å². The summed E-state index contributed by atoms with van der Waals surface area (Å²) < 4.78 is 0. The topological polar surface area (TPSA) is 86.3 Å². The van der Waals surface area contributed by atoms with Crippen LogP contribution in [0.3, 0.4) is 0 Å². The zero-order chi connectivity index (χ0) is 13.2. The minimum Gasteiger partial charge on any atom is -0.264 e. The Hall–Kier alpha value is -1.98. The first-order chi connectivity index (χ1) is 7.80. The molecule has 6 heteroatoms. The number of non-ortho nitro benzene ring substituents is 1. The molecule has 1 unspecified atom stereocenters. The molecule has 0 spiro atoms. The first kappa shape index (κ1) is 13.1. The molecule has 92 valence electrons. The van der Waals surface area contributed by atoms with Crippen LogP contribution >= 0.6 is 0 Å². The fraction of sp³-hybridized carbons (Fsp3) is 0.455. The smallest absolute Gasteiger partial charge is 0.264 e. The Morgan fingerprint density at radius 2 is 1.59 bits per heavy atom. The van der Waals surface area contributed by atoms with E-state index >= 15 is 0 Å². The van der Waals surface area contributed by atoms with Crippen molar-refractivity contribution in [1.82, 2.24) is 0 Å². The first-order valence-corrected chi connectivity index (χ1v) is 5.19. The van der Waals surface area contributed by atoms with Crippen LogP contribution in [-0.2, 0) is 5.54 Å². The van der Waals surface area contributed by atoms with E-state index in [1.54, 1.807) is 13.8 Å². The van der Waals surface area contributed by atoms with Gasteiger partial charge < -0.3 is 0 Å². The van der Waals surface area contributed by atoms with Gasteiger partial charge in [0.2, 0.25) is 5.54 Å². The number of rotatable bonds is 4. The average Bonchev–Trinajstić information content (AvgIpc) is 2.27. The van der Waals surface area contributed by atoms with Gasteiger partial charge in [0.15, 0.2) is 0 Å². The molecule has 0 saturated carbocycles. The van der Waals surface area contributed by atoms with Gasteiger partial charge in [0.25, 0.3) is 5.69 Å².